The van der Waals surface area contributed by atoms with Gasteiger partial charge in [0.05, 0.1) is 30.4 Å². The molecule has 0 fully saturated rings. The molecule has 0 radical (unpaired) electrons. The van der Waals surface area contributed by atoms with Crippen LogP contribution in [0.3, 0.4) is 0 Å². The number of rotatable bonds is 5. The molecule has 1 aromatic heterocycles. The van der Waals surface area contributed by atoms with Crippen LogP contribution in [0.15, 0.2) is 66.9 Å². The number of ether oxygens (including phenoxy) is 3. The van der Waals surface area contributed by atoms with Gasteiger partial charge in [-0.25, -0.2) is 4.79 Å². The number of carbonyl (C=O) groups is 2. The number of fused-ring (bicyclic) bond motifs is 2. The van der Waals surface area contributed by atoms with E-state index in [0.29, 0.717) is 52.7 Å². The summed E-state index contributed by atoms with van der Waals surface area (Å²) in [5.41, 5.74) is 8.80. The predicted molar refractivity (Wildman–Crippen MR) is 136 cm³/mol. The highest BCUT2D eigenvalue weighted by atomic mass is 16.5. The standard InChI is InChI=1S/C27H24N4O5/c1-16-3-5-17(6-4-16)30-27(33)31-11-12-35-25-13-18(7-8-22(25)31)36-23-9-10-29-21-15-24(34-2)20(26(28)32)14-19(21)23/h3-10,13-15H,11-12H2,1-2H3,(H2,28,32)(H,30,33). The number of nitrogens with two attached hydrogens (primary N) is 1. The predicted octanol–water partition coefficient (Wildman–Crippen LogP) is 4.87. The third-order valence-corrected chi connectivity index (χ3v) is 5.86. The first-order chi connectivity index (χ1) is 17.4. The first-order valence-electron chi connectivity index (χ1n) is 11.3. The fourth-order valence-corrected chi connectivity index (χ4v) is 4.03. The molecule has 0 spiro atoms. The van der Waals surface area contributed by atoms with Crippen LogP contribution in [0.25, 0.3) is 10.9 Å². The minimum Gasteiger partial charge on any atom is -0.496 e. The summed E-state index contributed by atoms with van der Waals surface area (Å²) < 4.78 is 17.2. The molecule has 9 heteroatoms. The van der Waals surface area contributed by atoms with E-state index in [0.717, 1.165) is 11.3 Å². The lowest BCUT2D eigenvalue weighted by atomic mass is 10.1. The molecule has 0 atom stereocenters. The van der Waals surface area contributed by atoms with Crippen molar-refractivity contribution in [2.24, 2.45) is 5.73 Å². The number of aromatic nitrogens is 1. The average molecular weight is 485 g/mol. The second kappa shape index (κ2) is 9.46. The van der Waals surface area contributed by atoms with Gasteiger partial charge in [-0.3, -0.25) is 14.7 Å². The summed E-state index contributed by atoms with van der Waals surface area (Å²) in [4.78, 5) is 30.8. The first kappa shape index (κ1) is 23.0. The molecule has 3 aromatic carbocycles. The molecule has 182 valence electrons. The van der Waals surface area contributed by atoms with Gasteiger partial charge in [0.15, 0.2) is 0 Å². The van der Waals surface area contributed by atoms with Crippen molar-refractivity contribution in [1.29, 1.82) is 0 Å². The van der Waals surface area contributed by atoms with E-state index in [-0.39, 0.29) is 11.6 Å². The highest BCUT2D eigenvalue weighted by molar-refractivity contribution is 6.03. The minimum absolute atomic E-state index is 0.229. The zero-order valence-electron chi connectivity index (χ0n) is 19.8. The largest absolute Gasteiger partial charge is 0.496 e. The Morgan fingerprint density at radius 1 is 1.06 bits per heavy atom. The summed E-state index contributed by atoms with van der Waals surface area (Å²) in [5, 5.41) is 3.52. The second-order valence-electron chi connectivity index (χ2n) is 8.27. The molecular weight excluding hydrogens is 460 g/mol. The first-order valence-corrected chi connectivity index (χ1v) is 11.3. The van der Waals surface area contributed by atoms with Crippen molar-refractivity contribution in [1.82, 2.24) is 4.98 Å². The fraction of sp³-hybridized carbons (Fsp3) is 0.148. The van der Waals surface area contributed by atoms with Crippen LogP contribution >= 0.6 is 0 Å². The van der Waals surface area contributed by atoms with Gasteiger partial charge in [0.2, 0.25) is 0 Å². The summed E-state index contributed by atoms with van der Waals surface area (Å²) in [6.07, 6.45) is 1.60. The van der Waals surface area contributed by atoms with Crippen molar-refractivity contribution in [3.63, 3.8) is 0 Å². The Hall–Kier alpha value is -4.79. The number of nitrogens with zero attached hydrogens (tertiary/aromatic N) is 2. The maximum Gasteiger partial charge on any atom is 0.326 e. The smallest absolute Gasteiger partial charge is 0.326 e. The van der Waals surface area contributed by atoms with Crippen molar-refractivity contribution in [2.45, 2.75) is 6.92 Å². The van der Waals surface area contributed by atoms with E-state index in [1.165, 1.54) is 7.11 Å². The van der Waals surface area contributed by atoms with E-state index in [1.54, 1.807) is 47.5 Å². The number of hydrogen-bond acceptors (Lipinski definition) is 6. The number of carbonyl (C=O) groups excluding carboxylic acids is 2. The number of amides is 3. The number of nitrogens with one attached hydrogen (secondary N) is 1. The number of primary amides is 1. The summed E-state index contributed by atoms with van der Waals surface area (Å²) in [5.74, 6) is 1.23. The van der Waals surface area contributed by atoms with Gasteiger partial charge in [0.25, 0.3) is 5.91 Å². The Balaban J connectivity index is 1.42. The number of pyridine rings is 1. The lowest BCUT2D eigenvalue weighted by Gasteiger charge is -2.30. The van der Waals surface area contributed by atoms with Gasteiger partial charge in [-0.2, -0.15) is 0 Å². The highest BCUT2D eigenvalue weighted by Crippen LogP contribution is 2.38. The minimum atomic E-state index is -0.616. The van der Waals surface area contributed by atoms with Crippen LogP contribution in [-0.2, 0) is 0 Å². The molecule has 3 amide bonds. The van der Waals surface area contributed by atoms with Gasteiger partial charge < -0.3 is 25.3 Å². The number of anilines is 2. The summed E-state index contributed by atoms with van der Waals surface area (Å²) >= 11 is 0. The monoisotopic (exact) mass is 484 g/mol. The van der Waals surface area contributed by atoms with E-state index in [4.69, 9.17) is 19.9 Å². The Morgan fingerprint density at radius 3 is 2.61 bits per heavy atom. The Labute approximate surface area is 207 Å². The second-order valence-corrected chi connectivity index (χ2v) is 8.27. The van der Waals surface area contributed by atoms with Crippen molar-refractivity contribution >= 4 is 34.2 Å². The Bertz CT molecular complexity index is 1470. The molecular formula is C27H24N4O5. The van der Waals surface area contributed by atoms with Crippen molar-refractivity contribution in [3.8, 4) is 23.0 Å². The average Bonchev–Trinajstić information content (AvgIpc) is 2.88. The molecule has 2 heterocycles. The highest BCUT2D eigenvalue weighted by Gasteiger charge is 2.25. The van der Waals surface area contributed by atoms with Crippen LogP contribution in [0.1, 0.15) is 15.9 Å². The van der Waals surface area contributed by atoms with Crippen LogP contribution in [0.5, 0.6) is 23.0 Å². The topological polar surface area (TPSA) is 116 Å². The van der Waals surface area contributed by atoms with E-state index < -0.39 is 5.91 Å². The Morgan fingerprint density at radius 2 is 1.86 bits per heavy atom. The van der Waals surface area contributed by atoms with Gasteiger partial charge in [-0.15, -0.1) is 0 Å². The molecule has 0 saturated carbocycles. The zero-order chi connectivity index (χ0) is 25.2. The van der Waals surface area contributed by atoms with Crippen molar-refractivity contribution < 1.29 is 23.8 Å². The van der Waals surface area contributed by atoms with Crippen LogP contribution in [-0.4, -0.2) is 37.2 Å². The zero-order valence-corrected chi connectivity index (χ0v) is 19.8. The molecule has 0 unspecified atom stereocenters. The molecule has 5 rings (SSSR count). The number of methoxy groups -OCH3 is 1. The number of aryl methyl sites for hydroxylation is 1. The van der Waals surface area contributed by atoms with Crippen molar-refractivity contribution in [2.75, 3.05) is 30.5 Å². The maximum absolute atomic E-state index is 12.9. The molecule has 4 aromatic rings. The normalized spacial score (nSPS) is 12.4. The van der Waals surface area contributed by atoms with Gasteiger partial charge in [0, 0.05) is 29.4 Å². The summed E-state index contributed by atoms with van der Waals surface area (Å²) in [7, 11) is 1.46. The van der Waals surface area contributed by atoms with Gasteiger partial charge >= 0.3 is 6.03 Å². The molecule has 1 aliphatic rings. The van der Waals surface area contributed by atoms with Gasteiger partial charge in [-0.1, -0.05) is 17.7 Å². The van der Waals surface area contributed by atoms with Gasteiger partial charge in [0.1, 0.15) is 29.6 Å². The lowest BCUT2D eigenvalue weighted by Crippen LogP contribution is -2.40. The van der Waals surface area contributed by atoms with Gasteiger partial charge in [-0.05, 0) is 43.3 Å². The van der Waals surface area contributed by atoms with Crippen LogP contribution in [0, 0.1) is 6.92 Å². The van der Waals surface area contributed by atoms with Crippen LogP contribution < -0.4 is 30.2 Å². The molecule has 0 bridgehead atoms. The molecule has 1 aliphatic heterocycles. The SMILES string of the molecule is COc1cc2nccc(Oc3ccc4c(c3)OCCN4C(=O)Nc3ccc(C)cc3)c2cc1C(N)=O. The summed E-state index contributed by atoms with van der Waals surface area (Å²) in [6, 6.07) is 17.6. The van der Waals surface area contributed by atoms with Crippen LogP contribution in [0.4, 0.5) is 16.2 Å². The summed E-state index contributed by atoms with van der Waals surface area (Å²) in [6.45, 7) is 2.75. The van der Waals surface area contributed by atoms with E-state index in [9.17, 15) is 9.59 Å². The lowest BCUT2D eigenvalue weighted by molar-refractivity contribution is 0.0997. The van der Waals surface area contributed by atoms with E-state index >= 15 is 0 Å². The quantitative estimate of drug-likeness (QED) is 0.417. The molecule has 0 aliphatic carbocycles. The van der Waals surface area contributed by atoms with E-state index in [1.807, 2.05) is 31.2 Å². The van der Waals surface area contributed by atoms with Crippen molar-refractivity contribution in [3.05, 3.63) is 78.0 Å². The maximum atomic E-state index is 12.9. The molecule has 9 nitrogen and oxygen atoms in total. The molecule has 3 N–H and O–H groups in total. The third-order valence-electron chi connectivity index (χ3n) is 5.86. The Kier molecular flexibility index (Phi) is 6.03. The van der Waals surface area contributed by atoms with Crippen LogP contribution in [0.2, 0.25) is 0 Å². The number of benzene rings is 3. The van der Waals surface area contributed by atoms with E-state index in [2.05, 4.69) is 10.3 Å². The fourth-order valence-electron chi connectivity index (χ4n) is 4.03. The number of urea groups is 1. The molecule has 36 heavy (non-hydrogen) atoms. The number of hydrogen-bond donors (Lipinski definition) is 2. The molecule has 0 saturated heterocycles. The third kappa shape index (κ3) is 4.46.